The predicted octanol–water partition coefficient (Wildman–Crippen LogP) is 6.36. The molecule has 8 nitrogen and oxygen atoms in total. The fourth-order valence-electron chi connectivity index (χ4n) is 8.44. The van der Waals surface area contributed by atoms with Crippen LogP contribution in [0.15, 0.2) is 72.0 Å². The number of hydrogen-bond acceptors (Lipinski definition) is 7. The molecule has 6 rings (SSSR count). The number of para-hydroxylation sites is 1. The van der Waals surface area contributed by atoms with Crippen molar-refractivity contribution in [1.82, 2.24) is 0 Å². The summed E-state index contributed by atoms with van der Waals surface area (Å²) in [6.07, 6.45) is 6.24. The molecule has 6 atom stereocenters. The van der Waals surface area contributed by atoms with Gasteiger partial charge in [-0.05, 0) is 93.5 Å². The zero-order valence-electron chi connectivity index (χ0n) is 23.1. The van der Waals surface area contributed by atoms with Gasteiger partial charge in [-0.1, -0.05) is 30.7 Å². The van der Waals surface area contributed by atoms with Crippen molar-refractivity contribution in [3.05, 3.63) is 77.6 Å². The van der Waals surface area contributed by atoms with E-state index in [4.69, 9.17) is 9.47 Å². The predicted molar refractivity (Wildman–Crippen MR) is 149 cm³/mol. The van der Waals surface area contributed by atoms with Gasteiger partial charge in [0.05, 0.1) is 5.41 Å². The monoisotopic (exact) mass is 558 g/mol. The van der Waals surface area contributed by atoms with E-state index in [1.165, 1.54) is 24.3 Å². The quantitative estimate of drug-likeness (QED) is 0.362. The molecular weight excluding hydrogens is 524 g/mol. The summed E-state index contributed by atoms with van der Waals surface area (Å²) in [5.41, 5.74) is -2.54. The van der Waals surface area contributed by atoms with E-state index in [0.29, 0.717) is 37.2 Å². The van der Waals surface area contributed by atoms with Gasteiger partial charge in [0.2, 0.25) is 5.60 Å². The van der Waals surface area contributed by atoms with Crippen LogP contribution in [0.25, 0.3) is 0 Å². The number of ketones is 1. The Morgan fingerprint density at radius 3 is 2.34 bits per heavy atom. The van der Waals surface area contributed by atoms with E-state index in [2.05, 4.69) is 0 Å². The molecule has 214 valence electrons. The molecule has 0 radical (unpaired) electrons. The third-order valence-corrected chi connectivity index (χ3v) is 10.6. The molecule has 1 unspecified atom stereocenters. The van der Waals surface area contributed by atoms with Crippen molar-refractivity contribution in [3.8, 4) is 17.2 Å². The van der Waals surface area contributed by atoms with Crippen molar-refractivity contribution in [1.29, 1.82) is 0 Å². The van der Waals surface area contributed by atoms with Crippen LogP contribution < -0.4 is 4.74 Å². The average Bonchev–Trinajstić information content (AvgIpc) is 3.23. The Labute approximate surface area is 238 Å². The van der Waals surface area contributed by atoms with Crippen LogP contribution in [0.3, 0.4) is 0 Å². The molecule has 2 aromatic carbocycles. The van der Waals surface area contributed by atoms with E-state index in [-0.39, 0.29) is 47.0 Å². The molecule has 3 fully saturated rings. The van der Waals surface area contributed by atoms with Crippen LogP contribution in [0.2, 0.25) is 0 Å². The van der Waals surface area contributed by atoms with E-state index in [1.54, 1.807) is 18.2 Å². The van der Waals surface area contributed by atoms with E-state index < -0.39 is 28.4 Å². The molecule has 8 heteroatoms. The number of aliphatic hydroxyl groups is 1. The van der Waals surface area contributed by atoms with E-state index in [0.717, 1.165) is 12.0 Å². The van der Waals surface area contributed by atoms with Crippen molar-refractivity contribution in [2.45, 2.75) is 58.0 Å². The number of fused-ring (bicyclic) bond motifs is 5. The first-order chi connectivity index (χ1) is 19.5. The first kappa shape index (κ1) is 27.1. The third kappa shape index (κ3) is 3.98. The number of esters is 1. The van der Waals surface area contributed by atoms with Gasteiger partial charge in [0, 0.05) is 17.6 Å². The summed E-state index contributed by atoms with van der Waals surface area (Å²) in [6, 6.07) is 13.2. The molecular formula is C33H34O8. The number of hydrogen-bond donors (Lipinski definition) is 3. The number of ether oxygens (including phenoxy) is 2. The van der Waals surface area contributed by atoms with Crippen LogP contribution in [0.4, 0.5) is 0 Å². The zero-order chi connectivity index (χ0) is 29.2. The fraction of sp³-hybridized carbons (Fsp3) is 0.424. The number of aliphatic hydroxyl groups excluding tert-OH is 1. The molecule has 3 saturated carbocycles. The van der Waals surface area contributed by atoms with Crippen molar-refractivity contribution < 1.29 is 39.2 Å². The van der Waals surface area contributed by atoms with Crippen LogP contribution in [0.5, 0.6) is 17.2 Å². The largest absolute Gasteiger partial charge is 0.508 e. The lowest BCUT2D eigenvalue weighted by Gasteiger charge is -2.57. The number of allylic oxidation sites excluding steroid dienone is 3. The van der Waals surface area contributed by atoms with Gasteiger partial charge in [-0.15, -0.1) is 0 Å². The van der Waals surface area contributed by atoms with Gasteiger partial charge in [0.25, 0.3) is 0 Å². The van der Waals surface area contributed by atoms with Crippen LogP contribution in [0.1, 0.15) is 62.7 Å². The Kier molecular flexibility index (Phi) is 6.28. The molecule has 0 saturated heterocycles. The molecule has 0 aliphatic heterocycles. The highest BCUT2D eigenvalue weighted by Crippen LogP contribution is 2.68. The van der Waals surface area contributed by atoms with Gasteiger partial charge in [-0.3, -0.25) is 4.79 Å². The Morgan fingerprint density at radius 1 is 0.902 bits per heavy atom. The van der Waals surface area contributed by atoms with Crippen LogP contribution in [-0.4, -0.2) is 38.6 Å². The third-order valence-electron chi connectivity index (χ3n) is 10.6. The second kappa shape index (κ2) is 9.50. The summed E-state index contributed by atoms with van der Waals surface area (Å²) in [6.45, 7) is 3.86. The maximum absolute atomic E-state index is 13.4. The molecule has 4 aliphatic rings. The number of carboxylic acid groups (broad SMARTS) is 1. The van der Waals surface area contributed by atoms with E-state index in [9.17, 15) is 29.7 Å². The average molecular weight is 559 g/mol. The highest BCUT2D eigenvalue weighted by Gasteiger charge is 2.70. The highest BCUT2D eigenvalue weighted by atomic mass is 16.6. The van der Waals surface area contributed by atoms with Crippen molar-refractivity contribution in [3.63, 3.8) is 0 Å². The molecule has 0 amide bonds. The van der Waals surface area contributed by atoms with Gasteiger partial charge in [-0.2, -0.15) is 0 Å². The van der Waals surface area contributed by atoms with Gasteiger partial charge < -0.3 is 24.8 Å². The lowest BCUT2D eigenvalue weighted by molar-refractivity contribution is -0.182. The summed E-state index contributed by atoms with van der Waals surface area (Å²) in [5.74, 6) is -1.65. The first-order valence-electron chi connectivity index (χ1n) is 14.2. The number of carbonyl (C=O) groups excluding carboxylic acids is 2. The molecule has 4 aliphatic carbocycles. The summed E-state index contributed by atoms with van der Waals surface area (Å²) in [5, 5.41) is 31.3. The second-order valence-electron chi connectivity index (χ2n) is 12.3. The number of rotatable bonds is 5. The summed E-state index contributed by atoms with van der Waals surface area (Å²) < 4.78 is 11.7. The molecule has 41 heavy (non-hydrogen) atoms. The van der Waals surface area contributed by atoms with Crippen molar-refractivity contribution in [2.75, 3.05) is 0 Å². The lowest BCUT2D eigenvalue weighted by atomic mass is 9.46. The molecule has 0 aromatic heterocycles. The molecule has 0 spiro atoms. The van der Waals surface area contributed by atoms with Gasteiger partial charge in [-0.25, -0.2) is 9.59 Å². The smallest absolute Gasteiger partial charge is 0.348 e. The Morgan fingerprint density at radius 2 is 1.63 bits per heavy atom. The summed E-state index contributed by atoms with van der Waals surface area (Å²) in [7, 11) is 0. The molecule has 2 aromatic rings. The topological polar surface area (TPSA) is 130 Å². The number of benzene rings is 2. The number of aliphatic carboxylic acids is 1. The minimum Gasteiger partial charge on any atom is -0.508 e. The lowest BCUT2D eigenvalue weighted by Crippen LogP contribution is -2.59. The Balaban J connectivity index is 1.26. The normalized spacial score (nSPS) is 33.9. The second-order valence-corrected chi connectivity index (χ2v) is 12.3. The van der Waals surface area contributed by atoms with Gasteiger partial charge in [0.1, 0.15) is 28.6 Å². The molecule has 0 heterocycles. The summed E-state index contributed by atoms with van der Waals surface area (Å²) in [4.78, 5) is 39.6. The summed E-state index contributed by atoms with van der Waals surface area (Å²) >= 11 is 0. The maximum Gasteiger partial charge on any atom is 0.348 e. The Hall–Kier alpha value is -4.07. The van der Waals surface area contributed by atoms with Crippen LogP contribution >= 0.6 is 0 Å². The van der Waals surface area contributed by atoms with Crippen molar-refractivity contribution >= 4 is 17.7 Å². The van der Waals surface area contributed by atoms with Gasteiger partial charge >= 0.3 is 11.9 Å². The number of aromatic hydroxyl groups is 1. The maximum atomic E-state index is 13.4. The number of phenolic OH excluding ortho intramolecular Hbond substituents is 1. The standard InChI is InChI=1S/C33H34O8/c1-31-14-12-26-23(10-8-19-16-20(34)17-28(36)32(19,26)2)25(31)13-15-33(31,30(38)39)41-29(37)24-11-9-22(18-27(24)35)40-21-6-4-3-5-7-21/h3-7,9,11,16-18,23,25-26,34-35H,8,10,12-15H2,1-2H3,(H,38,39)/t23-,25-,26-,31-,32-,33?/m0/s1. The zero-order valence-corrected chi connectivity index (χ0v) is 23.1. The minimum absolute atomic E-state index is 0.0119. The first-order valence-corrected chi connectivity index (χ1v) is 14.2. The number of phenols is 1. The number of carbonyl (C=O) groups is 3. The number of carboxylic acids is 1. The fourth-order valence-corrected chi connectivity index (χ4v) is 8.44. The van der Waals surface area contributed by atoms with Crippen LogP contribution in [0, 0.1) is 28.6 Å². The SMILES string of the molecule is C[C@]12C(=O)C=C(O)C=C1CC[C@@H]1[C@@H]2CC[C@@]2(C)[C@H]1CCC2(OC(=O)c1ccc(Oc2ccccc2)cc1O)C(=O)O. The molecule has 0 bridgehead atoms. The Bertz CT molecular complexity index is 1490. The van der Waals surface area contributed by atoms with Crippen LogP contribution in [-0.2, 0) is 14.3 Å². The van der Waals surface area contributed by atoms with E-state index >= 15 is 0 Å². The molecule has 3 N–H and O–H groups in total. The van der Waals surface area contributed by atoms with E-state index in [1.807, 2.05) is 32.0 Å². The minimum atomic E-state index is -1.77. The van der Waals surface area contributed by atoms with Gasteiger partial charge in [0.15, 0.2) is 5.78 Å². The highest BCUT2D eigenvalue weighted by molar-refractivity contribution is 5.99. The van der Waals surface area contributed by atoms with Crippen molar-refractivity contribution in [2.24, 2.45) is 28.6 Å².